The van der Waals surface area contributed by atoms with E-state index in [2.05, 4.69) is 20.3 Å². The number of carbonyl (C=O) groups excluding carboxylic acids is 1. The molecule has 1 amide bonds. The summed E-state index contributed by atoms with van der Waals surface area (Å²) in [6.07, 6.45) is -1.10. The monoisotopic (exact) mass is 436 g/mol. The third-order valence-electron chi connectivity index (χ3n) is 3.00. The van der Waals surface area contributed by atoms with Gasteiger partial charge in [0.2, 0.25) is 0 Å². The molecule has 0 saturated carbocycles. The molecule has 0 aliphatic rings. The highest BCUT2D eigenvalue weighted by Gasteiger charge is 2.27. The normalized spacial score (nSPS) is 13.9. The number of rotatable bonds is 7. The maximum Gasteiger partial charge on any atom is 0.252 e. The van der Waals surface area contributed by atoms with Gasteiger partial charge >= 0.3 is 0 Å². The van der Waals surface area contributed by atoms with Crippen LogP contribution >= 0.6 is 22.6 Å². The highest BCUT2D eigenvalue weighted by atomic mass is 127. The van der Waals surface area contributed by atoms with Crippen molar-refractivity contribution >= 4 is 45.5 Å². The van der Waals surface area contributed by atoms with Gasteiger partial charge in [-0.3, -0.25) is 9.36 Å². The number of ether oxygens (including phenoxy) is 1. The van der Waals surface area contributed by atoms with Crippen molar-refractivity contribution in [3.63, 3.8) is 0 Å². The molecule has 11 heteroatoms. The fourth-order valence-corrected chi connectivity index (χ4v) is 2.41. The molecular weight excluding hydrogens is 419 g/mol. The lowest BCUT2D eigenvalue weighted by Gasteiger charge is -2.21. The van der Waals surface area contributed by atoms with E-state index in [0.717, 1.165) is 0 Å². The Labute approximate surface area is 145 Å². The van der Waals surface area contributed by atoms with Gasteiger partial charge < -0.3 is 26.0 Å². The van der Waals surface area contributed by atoms with Gasteiger partial charge in [0.15, 0.2) is 21.4 Å². The van der Waals surface area contributed by atoms with Crippen LogP contribution in [0.5, 0.6) is 0 Å². The third kappa shape index (κ3) is 4.04. The van der Waals surface area contributed by atoms with Crippen molar-refractivity contribution in [2.24, 2.45) is 0 Å². The lowest BCUT2D eigenvalue weighted by molar-refractivity contribution is -0.147. The molecule has 0 aromatic carbocycles. The standard InChI is InChI=1S/C12H17IN6O4/c1-2-15-11(22)8(6(21)3-20)23-5-19-4-16-7-9(14)17-12(13)18-10(7)19/h4,6,8,20-21H,2-3,5H2,1H3,(H,15,22)(H2,14,17,18)/t6-,8+/m1/s1. The lowest BCUT2D eigenvalue weighted by Crippen LogP contribution is -2.45. The molecule has 126 valence electrons. The van der Waals surface area contributed by atoms with Crippen LogP contribution in [-0.2, 0) is 16.3 Å². The van der Waals surface area contributed by atoms with Crippen LogP contribution in [0, 0.1) is 3.83 Å². The highest BCUT2D eigenvalue weighted by molar-refractivity contribution is 14.1. The highest BCUT2D eigenvalue weighted by Crippen LogP contribution is 2.17. The van der Waals surface area contributed by atoms with Crippen LogP contribution < -0.4 is 11.1 Å². The molecule has 23 heavy (non-hydrogen) atoms. The second-order valence-electron chi connectivity index (χ2n) is 4.63. The number of carbonyl (C=O) groups is 1. The van der Waals surface area contributed by atoms with Gasteiger partial charge in [-0.25, -0.2) is 15.0 Å². The number of nitrogens with zero attached hydrogens (tertiary/aromatic N) is 4. The van der Waals surface area contributed by atoms with E-state index in [1.165, 1.54) is 10.9 Å². The fourth-order valence-electron chi connectivity index (χ4n) is 1.93. The predicted octanol–water partition coefficient (Wildman–Crippen LogP) is -1.15. The van der Waals surface area contributed by atoms with E-state index in [-0.39, 0.29) is 12.5 Å². The second kappa shape index (κ2) is 7.81. The van der Waals surface area contributed by atoms with Gasteiger partial charge in [0.05, 0.1) is 12.9 Å². The topological polar surface area (TPSA) is 148 Å². The summed E-state index contributed by atoms with van der Waals surface area (Å²) in [5.41, 5.74) is 6.65. The van der Waals surface area contributed by atoms with Gasteiger partial charge in [-0.15, -0.1) is 0 Å². The summed E-state index contributed by atoms with van der Waals surface area (Å²) >= 11 is 1.93. The van der Waals surface area contributed by atoms with Crippen LogP contribution in [-0.4, -0.2) is 61.0 Å². The first kappa shape index (κ1) is 17.8. The zero-order valence-electron chi connectivity index (χ0n) is 12.3. The Bertz CT molecular complexity index is 693. The van der Waals surface area contributed by atoms with E-state index in [1.807, 2.05) is 22.6 Å². The van der Waals surface area contributed by atoms with E-state index in [4.69, 9.17) is 15.6 Å². The number of aliphatic hydroxyl groups excluding tert-OH is 2. The maximum absolute atomic E-state index is 11.9. The smallest absolute Gasteiger partial charge is 0.252 e. The molecule has 0 bridgehead atoms. The number of nitrogens with two attached hydrogens (primary N) is 1. The molecular formula is C12H17IN6O4. The number of halogens is 1. The summed E-state index contributed by atoms with van der Waals surface area (Å²) in [5.74, 6) is -0.268. The predicted molar refractivity (Wildman–Crippen MR) is 89.1 cm³/mol. The molecule has 0 unspecified atom stereocenters. The van der Waals surface area contributed by atoms with Crippen molar-refractivity contribution in [3.05, 3.63) is 10.2 Å². The minimum Gasteiger partial charge on any atom is -0.394 e. The zero-order valence-corrected chi connectivity index (χ0v) is 14.5. The molecule has 0 aliphatic heterocycles. The van der Waals surface area contributed by atoms with E-state index in [1.54, 1.807) is 6.92 Å². The number of aliphatic hydroxyl groups is 2. The molecule has 0 aliphatic carbocycles. The number of nitrogens with one attached hydrogen (secondary N) is 1. The van der Waals surface area contributed by atoms with Crippen LogP contribution in [0.15, 0.2) is 6.33 Å². The van der Waals surface area contributed by atoms with Crippen LogP contribution in [0.2, 0.25) is 0 Å². The van der Waals surface area contributed by atoms with Gasteiger partial charge in [0, 0.05) is 29.1 Å². The van der Waals surface area contributed by atoms with Gasteiger partial charge in [0.1, 0.15) is 18.4 Å². The number of likely N-dealkylation sites (N-methyl/N-ethyl adjacent to an activating group) is 1. The molecule has 2 rings (SSSR count). The van der Waals surface area contributed by atoms with Gasteiger partial charge in [-0.2, -0.15) is 0 Å². The Kier molecular flexibility index (Phi) is 6.04. The number of nitrogen functional groups attached to an aromatic ring is 1. The van der Waals surface area contributed by atoms with E-state index in [0.29, 0.717) is 21.5 Å². The summed E-state index contributed by atoms with van der Waals surface area (Å²) in [5, 5.41) is 21.3. The fraction of sp³-hybridized carbons (Fsp3) is 0.500. The van der Waals surface area contributed by atoms with Crippen molar-refractivity contribution in [1.82, 2.24) is 24.8 Å². The molecule has 2 aromatic rings. The SMILES string of the molecule is CCNC(=O)[C@@H](OCn1cnc2c(N)nc(I)nc21)[C@H](O)CO. The van der Waals surface area contributed by atoms with Gasteiger partial charge in [-0.1, -0.05) is 0 Å². The number of amides is 1. The average Bonchev–Trinajstić information content (AvgIpc) is 2.90. The lowest BCUT2D eigenvalue weighted by atomic mass is 10.2. The summed E-state index contributed by atoms with van der Waals surface area (Å²) in [7, 11) is 0. The molecule has 0 radical (unpaired) electrons. The van der Waals surface area contributed by atoms with Crippen molar-refractivity contribution < 1.29 is 19.7 Å². The molecule has 2 heterocycles. The number of hydrogen-bond acceptors (Lipinski definition) is 8. The molecule has 0 fully saturated rings. The van der Waals surface area contributed by atoms with Crippen LogP contribution in [0.1, 0.15) is 6.92 Å². The minimum atomic E-state index is -1.34. The van der Waals surface area contributed by atoms with Crippen molar-refractivity contribution in [2.75, 3.05) is 18.9 Å². The summed E-state index contributed by atoms with van der Waals surface area (Å²) < 4.78 is 7.42. The Hall–Kier alpha value is -1.57. The number of hydrogen-bond donors (Lipinski definition) is 4. The summed E-state index contributed by atoms with van der Waals surface area (Å²) in [4.78, 5) is 24.2. The first-order chi connectivity index (χ1) is 11.0. The maximum atomic E-state index is 11.9. The Morgan fingerprint density at radius 2 is 2.30 bits per heavy atom. The number of aromatic nitrogens is 4. The summed E-state index contributed by atoms with van der Waals surface area (Å²) in [6.45, 7) is 1.43. The van der Waals surface area contributed by atoms with Gasteiger partial charge in [-0.05, 0) is 6.92 Å². The molecule has 10 nitrogen and oxygen atoms in total. The molecule has 0 saturated heterocycles. The molecule has 0 spiro atoms. The Morgan fingerprint density at radius 3 is 2.96 bits per heavy atom. The third-order valence-corrected chi connectivity index (χ3v) is 3.49. The van der Waals surface area contributed by atoms with Crippen molar-refractivity contribution in [2.45, 2.75) is 25.9 Å². The minimum absolute atomic E-state index is 0.0953. The van der Waals surface area contributed by atoms with Crippen molar-refractivity contribution in [1.29, 1.82) is 0 Å². The Morgan fingerprint density at radius 1 is 1.57 bits per heavy atom. The number of imidazole rings is 1. The van der Waals surface area contributed by atoms with E-state index < -0.39 is 24.7 Å². The number of fused-ring (bicyclic) bond motifs is 1. The zero-order chi connectivity index (χ0) is 17.0. The van der Waals surface area contributed by atoms with Crippen molar-refractivity contribution in [3.8, 4) is 0 Å². The van der Waals surface area contributed by atoms with Gasteiger partial charge in [0.25, 0.3) is 5.91 Å². The largest absolute Gasteiger partial charge is 0.394 e. The summed E-state index contributed by atoms with van der Waals surface area (Å²) in [6, 6.07) is 0. The van der Waals surface area contributed by atoms with Crippen LogP contribution in [0.25, 0.3) is 11.2 Å². The van der Waals surface area contributed by atoms with E-state index >= 15 is 0 Å². The Balaban J connectivity index is 2.19. The average molecular weight is 436 g/mol. The van der Waals surface area contributed by atoms with Crippen LogP contribution in [0.3, 0.4) is 0 Å². The first-order valence-electron chi connectivity index (χ1n) is 6.80. The molecule has 2 aromatic heterocycles. The number of anilines is 1. The van der Waals surface area contributed by atoms with E-state index in [9.17, 15) is 9.90 Å². The first-order valence-corrected chi connectivity index (χ1v) is 7.87. The quantitative estimate of drug-likeness (QED) is 0.314. The second-order valence-corrected chi connectivity index (χ2v) is 5.59. The molecule has 2 atom stereocenters. The van der Waals surface area contributed by atoms with Crippen LogP contribution in [0.4, 0.5) is 5.82 Å². The molecule has 5 N–H and O–H groups in total.